The summed E-state index contributed by atoms with van der Waals surface area (Å²) in [6.07, 6.45) is -2.15. The molecule has 14 heteroatoms. The number of aliphatic hydroxyl groups excluding tert-OH is 1. The molecule has 0 fully saturated rings. The van der Waals surface area contributed by atoms with Crippen LogP contribution in [0.5, 0.6) is 5.75 Å². The number of H-pyrrole nitrogens is 1. The molecule has 35 heavy (non-hydrogen) atoms. The second-order valence-electron chi connectivity index (χ2n) is 7.60. The summed E-state index contributed by atoms with van der Waals surface area (Å²) in [5.74, 6) is -0.541. The molecule has 0 aliphatic carbocycles. The van der Waals surface area contributed by atoms with Crippen molar-refractivity contribution in [2.24, 2.45) is 0 Å². The van der Waals surface area contributed by atoms with Gasteiger partial charge in [0.25, 0.3) is 5.56 Å². The quantitative estimate of drug-likeness (QED) is 0.248. The van der Waals surface area contributed by atoms with Gasteiger partial charge >= 0.3 is 19.4 Å². The van der Waals surface area contributed by atoms with Gasteiger partial charge in [-0.2, -0.15) is 5.09 Å². The smallest absolute Gasteiger partial charge is 0.459 e. The summed E-state index contributed by atoms with van der Waals surface area (Å²) < 4.78 is 49.2. The first-order chi connectivity index (χ1) is 16.6. The van der Waals surface area contributed by atoms with E-state index in [1.54, 1.807) is 32.0 Å². The maximum Gasteiger partial charge on any atom is 0.459 e. The van der Waals surface area contributed by atoms with E-state index >= 15 is 0 Å². The Bertz CT molecular complexity index is 1110. The fourth-order valence-electron chi connectivity index (χ4n) is 2.70. The molecule has 4 unspecified atom stereocenters. The topological polar surface area (TPSA) is 158 Å². The van der Waals surface area contributed by atoms with Crippen molar-refractivity contribution in [2.75, 3.05) is 19.9 Å². The second-order valence-corrected chi connectivity index (χ2v) is 9.29. The zero-order chi connectivity index (χ0) is 26.0. The van der Waals surface area contributed by atoms with E-state index in [2.05, 4.69) is 5.09 Å². The summed E-state index contributed by atoms with van der Waals surface area (Å²) in [5.41, 5.74) is -1.60. The maximum atomic E-state index is 13.6. The minimum Gasteiger partial charge on any atom is -0.462 e. The number of benzene rings is 1. The highest BCUT2D eigenvalue weighted by Gasteiger charge is 2.34. The molecule has 0 spiro atoms. The van der Waals surface area contributed by atoms with Crippen LogP contribution in [-0.4, -0.2) is 58.8 Å². The number of halogens is 1. The van der Waals surface area contributed by atoms with Gasteiger partial charge in [-0.1, -0.05) is 18.2 Å². The first-order valence-corrected chi connectivity index (χ1v) is 12.2. The van der Waals surface area contributed by atoms with Crippen LogP contribution >= 0.6 is 7.75 Å². The zero-order valence-corrected chi connectivity index (χ0v) is 20.4. The fraction of sp³-hybridized carbons (Fsp3) is 0.476. The summed E-state index contributed by atoms with van der Waals surface area (Å²) in [4.78, 5) is 37.3. The van der Waals surface area contributed by atoms with Crippen LogP contribution in [0.25, 0.3) is 0 Å². The molecule has 2 aromatic rings. The molecule has 1 aromatic heterocycles. The largest absolute Gasteiger partial charge is 0.462 e. The van der Waals surface area contributed by atoms with Crippen molar-refractivity contribution >= 4 is 13.7 Å². The van der Waals surface area contributed by atoms with Gasteiger partial charge < -0.3 is 19.1 Å². The molecule has 0 saturated carbocycles. The average Bonchev–Trinajstić information content (AvgIpc) is 2.80. The van der Waals surface area contributed by atoms with Crippen LogP contribution in [0.15, 0.2) is 52.2 Å². The second kappa shape index (κ2) is 13.3. The number of aromatic amines is 1. The number of aliphatic hydroxyl groups is 1. The highest BCUT2D eigenvalue weighted by Crippen LogP contribution is 2.45. The maximum absolute atomic E-state index is 13.6. The van der Waals surface area contributed by atoms with E-state index in [9.17, 15) is 28.4 Å². The van der Waals surface area contributed by atoms with Crippen LogP contribution in [0.2, 0.25) is 0 Å². The average molecular weight is 517 g/mol. The molecule has 0 saturated heterocycles. The number of esters is 1. The molecule has 0 aliphatic rings. The number of carbonyl (C=O) groups excluding carboxylic acids is 1. The van der Waals surface area contributed by atoms with Gasteiger partial charge in [0, 0.05) is 12.3 Å². The monoisotopic (exact) mass is 517 g/mol. The molecule has 194 valence electrons. The van der Waals surface area contributed by atoms with Crippen LogP contribution < -0.4 is 20.9 Å². The number of nitrogens with zero attached hydrogens (tertiary/aromatic N) is 1. The van der Waals surface area contributed by atoms with E-state index in [0.29, 0.717) is 0 Å². The Balaban J connectivity index is 2.17. The van der Waals surface area contributed by atoms with Crippen molar-refractivity contribution in [3.8, 4) is 5.75 Å². The number of carbonyl (C=O) groups is 1. The van der Waals surface area contributed by atoms with Crippen LogP contribution in [0.1, 0.15) is 27.0 Å². The summed E-state index contributed by atoms with van der Waals surface area (Å²) in [6.45, 7) is 2.24. The molecule has 12 nitrogen and oxygen atoms in total. The third-order valence-corrected chi connectivity index (χ3v) is 5.95. The SMILES string of the molecule is CC(C)OC(=O)C(C)NP(=O)(OCC(CO)OC(CF)n1ccc(=O)[nH]c1=O)Oc1ccccc1. The van der Waals surface area contributed by atoms with Crippen LogP contribution in [0.3, 0.4) is 0 Å². The summed E-state index contributed by atoms with van der Waals surface area (Å²) >= 11 is 0. The van der Waals surface area contributed by atoms with Crippen molar-refractivity contribution in [1.82, 2.24) is 14.6 Å². The summed E-state index contributed by atoms with van der Waals surface area (Å²) in [7, 11) is -4.25. The molecule has 3 N–H and O–H groups in total. The molecular formula is C21H29FN3O9P. The van der Waals surface area contributed by atoms with Crippen molar-refractivity contribution in [3.05, 3.63) is 63.4 Å². The van der Waals surface area contributed by atoms with E-state index in [-0.39, 0.29) is 5.75 Å². The first-order valence-electron chi connectivity index (χ1n) is 10.7. The van der Waals surface area contributed by atoms with Gasteiger partial charge in [0.05, 0.1) is 19.3 Å². The van der Waals surface area contributed by atoms with Gasteiger partial charge in [-0.25, -0.2) is 13.8 Å². The molecule has 0 amide bonds. The number of nitrogens with one attached hydrogen (secondary N) is 2. The van der Waals surface area contributed by atoms with E-state index in [1.807, 2.05) is 4.98 Å². The lowest BCUT2D eigenvalue weighted by molar-refractivity contribution is -0.149. The van der Waals surface area contributed by atoms with Gasteiger partial charge in [-0.3, -0.25) is 23.7 Å². The van der Waals surface area contributed by atoms with Gasteiger partial charge in [-0.05, 0) is 32.9 Å². The Kier molecular flexibility index (Phi) is 10.8. The Labute approximate surface area is 200 Å². The number of para-hydroxylation sites is 1. The van der Waals surface area contributed by atoms with Crippen molar-refractivity contribution in [3.63, 3.8) is 0 Å². The Hall–Kier alpha value is -2.83. The van der Waals surface area contributed by atoms with E-state index < -0.39 is 69.3 Å². The highest BCUT2D eigenvalue weighted by atomic mass is 31.2. The molecule has 0 aliphatic heterocycles. The minimum absolute atomic E-state index is 0.163. The van der Waals surface area contributed by atoms with E-state index in [1.165, 1.54) is 19.1 Å². The zero-order valence-electron chi connectivity index (χ0n) is 19.5. The standard InChI is InChI=1S/C21H29FN3O9P/c1-14(2)32-20(28)15(3)24-35(30,34-16-7-5-4-6-8-16)31-13-17(12-26)33-19(11-22)25-10-9-18(27)23-21(25)29/h4-10,14-15,17,19,26H,11-13H2,1-3H3,(H,24,30)(H,23,27,29). The number of hydrogen-bond donors (Lipinski definition) is 3. The molecular weight excluding hydrogens is 488 g/mol. The van der Waals surface area contributed by atoms with Gasteiger partial charge in [0.1, 0.15) is 24.6 Å². The number of ether oxygens (including phenoxy) is 2. The molecule has 1 aromatic carbocycles. The lowest BCUT2D eigenvalue weighted by Gasteiger charge is -2.26. The minimum atomic E-state index is -4.25. The lowest BCUT2D eigenvalue weighted by atomic mass is 10.3. The van der Waals surface area contributed by atoms with Crippen LogP contribution in [0, 0.1) is 0 Å². The van der Waals surface area contributed by atoms with Gasteiger partial charge in [0.2, 0.25) is 0 Å². The van der Waals surface area contributed by atoms with Crippen molar-refractivity contribution in [1.29, 1.82) is 0 Å². The Morgan fingerprint density at radius 1 is 1.20 bits per heavy atom. The van der Waals surface area contributed by atoms with Crippen molar-refractivity contribution in [2.45, 2.75) is 45.2 Å². The molecule has 2 rings (SSSR count). The van der Waals surface area contributed by atoms with Crippen molar-refractivity contribution < 1.29 is 37.4 Å². The third kappa shape index (κ3) is 9.04. The Morgan fingerprint density at radius 3 is 2.46 bits per heavy atom. The number of hydrogen-bond acceptors (Lipinski definition) is 9. The number of aromatic nitrogens is 2. The Morgan fingerprint density at radius 2 is 1.89 bits per heavy atom. The summed E-state index contributed by atoms with van der Waals surface area (Å²) in [6, 6.07) is 7.89. The van der Waals surface area contributed by atoms with Gasteiger partial charge in [-0.15, -0.1) is 0 Å². The van der Waals surface area contributed by atoms with Crippen LogP contribution in [-0.2, 0) is 23.4 Å². The first kappa shape index (κ1) is 28.4. The molecule has 1 heterocycles. The van der Waals surface area contributed by atoms with E-state index in [0.717, 1.165) is 16.8 Å². The number of alkyl halides is 1. The lowest BCUT2D eigenvalue weighted by Crippen LogP contribution is -2.38. The number of rotatable bonds is 14. The molecule has 0 radical (unpaired) electrons. The van der Waals surface area contributed by atoms with Crippen LogP contribution in [0.4, 0.5) is 4.39 Å². The fourth-order valence-corrected chi connectivity index (χ4v) is 4.22. The molecule has 0 bridgehead atoms. The predicted molar refractivity (Wildman–Crippen MR) is 123 cm³/mol. The van der Waals surface area contributed by atoms with E-state index in [4.69, 9.17) is 18.5 Å². The third-order valence-electron chi connectivity index (χ3n) is 4.30. The molecule has 4 atom stereocenters. The normalized spacial score (nSPS) is 15.7. The van der Waals surface area contributed by atoms with Gasteiger partial charge in [0.15, 0.2) is 6.23 Å². The summed E-state index contributed by atoms with van der Waals surface area (Å²) in [5, 5.41) is 12.2. The predicted octanol–water partition coefficient (Wildman–Crippen LogP) is 1.52. The highest BCUT2D eigenvalue weighted by molar-refractivity contribution is 7.52.